The van der Waals surface area contributed by atoms with E-state index in [1.165, 1.54) is 28.8 Å². The third-order valence-corrected chi connectivity index (χ3v) is 11.0. The summed E-state index contributed by atoms with van der Waals surface area (Å²) in [6.07, 6.45) is 1.79. The topological polar surface area (TPSA) is 33.5 Å². The molecule has 0 saturated carbocycles. The first kappa shape index (κ1) is 40.0. The van der Waals surface area contributed by atoms with Crippen LogP contribution in [0.3, 0.4) is 0 Å². The molecule has 0 spiro atoms. The van der Waals surface area contributed by atoms with Crippen LogP contribution in [0.5, 0.6) is 11.5 Å². The average Bonchev–Trinajstić information content (AvgIpc) is 3.76. The van der Waals surface area contributed by atoms with Crippen molar-refractivity contribution in [2.75, 3.05) is 9.80 Å². The molecule has 2 aromatic heterocycles. The number of pyridine rings is 1. The number of halogens is 2. The summed E-state index contributed by atoms with van der Waals surface area (Å²) in [5, 5.41) is 2.14. The Morgan fingerprint density at radius 1 is 0.627 bits per heavy atom. The van der Waals surface area contributed by atoms with Crippen LogP contribution in [0.15, 0.2) is 128 Å². The van der Waals surface area contributed by atoms with E-state index >= 15 is 4.39 Å². The van der Waals surface area contributed by atoms with Gasteiger partial charge in [0.25, 0.3) is 0 Å². The number of rotatable bonds is 9. The molecule has 1 aliphatic heterocycles. The summed E-state index contributed by atoms with van der Waals surface area (Å²) in [7, 11) is 0. The number of benzene rings is 6. The molecule has 6 aromatic carbocycles. The van der Waals surface area contributed by atoms with Crippen LogP contribution in [0.25, 0.3) is 38.8 Å². The van der Waals surface area contributed by atoms with E-state index < -0.39 is 11.6 Å². The van der Waals surface area contributed by atoms with E-state index in [9.17, 15) is 4.39 Å². The molecule has 0 saturated heterocycles. The molecular weight excluding hydrogens is 918 g/mol. The van der Waals surface area contributed by atoms with Crippen molar-refractivity contribution in [3.8, 4) is 28.4 Å². The first-order valence-corrected chi connectivity index (χ1v) is 19.8. The minimum atomic E-state index is -0.655. The van der Waals surface area contributed by atoms with Gasteiger partial charge in [0.15, 0.2) is 0 Å². The zero-order valence-corrected chi connectivity index (χ0v) is 36.0. The van der Waals surface area contributed by atoms with Crippen molar-refractivity contribution in [1.82, 2.24) is 9.55 Å². The molecule has 0 atom stereocenters. The summed E-state index contributed by atoms with van der Waals surface area (Å²) in [5.41, 5.74) is 10.3. The van der Waals surface area contributed by atoms with Gasteiger partial charge >= 0.3 is 0 Å². The number of hydrogen-bond acceptors (Lipinski definition) is 4. The smallest absolute Gasteiger partial charge is 0.147 e. The number of anilines is 4. The standard InChI is InChI=1S/C51H43F2N4O.Pt/c1-31(2)34-25-42(32(3)4)51(43(26-34)33(5)6)35-23-37(55-30-56(48-16-10-9-15-47(48)55)46-21-18-36(52)27-44(46)53)28-39(24-35)58-38-19-20-41-40-13-7-8-14-45(40)57(49(41)29-38)50-17-11-12-22-54-50;/h7-27,30-33H,1-6H3;/q-3;. The van der Waals surface area contributed by atoms with Crippen molar-refractivity contribution in [3.63, 3.8) is 0 Å². The molecule has 0 amide bonds. The van der Waals surface area contributed by atoms with Gasteiger partial charge < -0.3 is 19.1 Å². The summed E-state index contributed by atoms with van der Waals surface area (Å²) >= 11 is 0. The fourth-order valence-corrected chi connectivity index (χ4v) is 8.10. The largest absolute Gasteiger partial charge is 0.509 e. The van der Waals surface area contributed by atoms with Crippen LogP contribution in [0, 0.1) is 30.4 Å². The molecule has 3 heterocycles. The van der Waals surface area contributed by atoms with Crippen LogP contribution < -0.4 is 14.5 Å². The molecule has 9 rings (SSSR count). The van der Waals surface area contributed by atoms with E-state index in [-0.39, 0.29) is 38.6 Å². The van der Waals surface area contributed by atoms with Crippen molar-refractivity contribution in [2.24, 2.45) is 0 Å². The molecule has 8 aromatic rings. The Balaban J connectivity index is 0.00000484. The Morgan fingerprint density at radius 3 is 2.00 bits per heavy atom. The molecule has 8 heteroatoms. The Hall–Kier alpha value is -5.78. The van der Waals surface area contributed by atoms with Gasteiger partial charge in [0.2, 0.25) is 0 Å². The summed E-state index contributed by atoms with van der Waals surface area (Å²) < 4.78 is 38.4. The van der Waals surface area contributed by atoms with E-state index in [0.717, 1.165) is 56.2 Å². The Kier molecular flexibility index (Phi) is 10.9. The van der Waals surface area contributed by atoms with Crippen LogP contribution in [-0.2, 0) is 21.1 Å². The summed E-state index contributed by atoms with van der Waals surface area (Å²) in [5.74, 6) is 1.37. The maximum Gasteiger partial charge on any atom is 0.147 e. The van der Waals surface area contributed by atoms with Crippen LogP contribution >= 0.6 is 0 Å². The van der Waals surface area contributed by atoms with Gasteiger partial charge in [0.05, 0.1) is 0 Å². The van der Waals surface area contributed by atoms with E-state index in [2.05, 4.69) is 101 Å². The van der Waals surface area contributed by atoms with Gasteiger partial charge in [0.1, 0.15) is 17.5 Å². The molecule has 1 aliphatic rings. The minimum absolute atomic E-state index is 0. The maximum atomic E-state index is 15.4. The fourth-order valence-electron chi connectivity index (χ4n) is 8.10. The van der Waals surface area contributed by atoms with Crippen LogP contribution in [0.4, 0.5) is 31.5 Å². The van der Waals surface area contributed by atoms with Gasteiger partial charge in [-0.05, 0) is 87.9 Å². The Morgan fingerprint density at radius 2 is 1.32 bits per heavy atom. The second kappa shape index (κ2) is 16.1. The van der Waals surface area contributed by atoms with E-state index in [1.54, 1.807) is 11.1 Å². The zero-order valence-electron chi connectivity index (χ0n) is 33.7. The maximum absolute atomic E-state index is 15.4. The Labute approximate surface area is 359 Å². The normalized spacial score (nSPS) is 12.6. The van der Waals surface area contributed by atoms with E-state index in [4.69, 9.17) is 9.72 Å². The molecule has 5 nitrogen and oxygen atoms in total. The van der Waals surface area contributed by atoms with E-state index in [1.807, 2.05) is 72.2 Å². The molecule has 0 unspecified atom stereocenters. The van der Waals surface area contributed by atoms with Crippen LogP contribution in [0.1, 0.15) is 76.0 Å². The summed E-state index contributed by atoms with van der Waals surface area (Å²) in [6, 6.07) is 45.7. The molecule has 0 N–H and O–H groups in total. The predicted octanol–water partition coefficient (Wildman–Crippen LogP) is 14.3. The van der Waals surface area contributed by atoms with Crippen LogP contribution in [-0.4, -0.2) is 9.55 Å². The quantitative estimate of drug-likeness (QED) is 0.135. The van der Waals surface area contributed by atoms with Gasteiger partial charge in [-0.1, -0.05) is 95.6 Å². The molecule has 300 valence electrons. The number of para-hydroxylation sites is 3. The monoisotopic (exact) mass is 960 g/mol. The second-order valence-electron chi connectivity index (χ2n) is 15.8. The number of hydrogen-bond donors (Lipinski definition) is 0. The zero-order chi connectivity index (χ0) is 40.2. The number of aromatic nitrogens is 2. The third kappa shape index (κ3) is 7.31. The molecule has 59 heavy (non-hydrogen) atoms. The summed E-state index contributed by atoms with van der Waals surface area (Å²) in [4.78, 5) is 8.44. The van der Waals surface area contributed by atoms with Crippen LogP contribution in [0.2, 0.25) is 0 Å². The number of nitrogens with zero attached hydrogens (tertiary/aromatic N) is 4. The third-order valence-electron chi connectivity index (χ3n) is 11.0. The predicted molar refractivity (Wildman–Crippen MR) is 232 cm³/mol. The Bertz CT molecular complexity index is 2800. The molecular formula is C51H43F2N4OPt-3. The number of fused-ring (bicyclic) bond motifs is 4. The fraction of sp³-hybridized carbons (Fsp3) is 0.176. The first-order chi connectivity index (χ1) is 28.0. The van der Waals surface area contributed by atoms with Crippen molar-refractivity contribution in [3.05, 3.63) is 175 Å². The molecule has 0 radical (unpaired) electrons. The van der Waals surface area contributed by atoms with Crippen molar-refractivity contribution < 1.29 is 34.6 Å². The van der Waals surface area contributed by atoms with Crippen molar-refractivity contribution in [2.45, 2.75) is 59.3 Å². The molecule has 0 bridgehead atoms. The number of ether oxygens (including phenoxy) is 1. The first-order valence-electron chi connectivity index (χ1n) is 19.8. The van der Waals surface area contributed by atoms with Gasteiger partial charge in [-0.2, -0.15) is 6.07 Å². The van der Waals surface area contributed by atoms with Crippen molar-refractivity contribution in [1.29, 1.82) is 0 Å². The van der Waals surface area contributed by atoms with Crippen molar-refractivity contribution >= 4 is 44.6 Å². The van der Waals surface area contributed by atoms with E-state index in [0.29, 0.717) is 23.1 Å². The minimum Gasteiger partial charge on any atom is -0.509 e. The van der Waals surface area contributed by atoms with Gasteiger partial charge in [0, 0.05) is 67.4 Å². The second-order valence-corrected chi connectivity index (χ2v) is 15.8. The molecule has 0 fully saturated rings. The SMILES string of the molecule is CC(C)c1cc(C(C)C)c(-c2cc(Oc3[c-]c4c(cc3)c3ccccc3n4-c3ccccn3)[c-]c(N3[CH-]N(c4ccc(F)cc4F)c4ccccc43)c2)c(C(C)C)c1.[Pt]. The average molecular weight is 961 g/mol. The summed E-state index contributed by atoms with van der Waals surface area (Å²) in [6.45, 7) is 15.3. The van der Waals surface area contributed by atoms with Gasteiger partial charge in [-0.25, -0.2) is 13.8 Å². The molecule has 0 aliphatic carbocycles. The van der Waals surface area contributed by atoms with Gasteiger partial charge in [-0.3, -0.25) is 0 Å². The van der Waals surface area contributed by atoms with Gasteiger partial charge in [-0.15, -0.1) is 53.6 Å².